The van der Waals surface area contributed by atoms with Crippen LogP contribution in [0, 0.1) is 0 Å². The number of amides is 1. The minimum atomic E-state index is -0.488. The Hall–Kier alpha value is -1.79. The fourth-order valence-corrected chi connectivity index (χ4v) is 3.06. The summed E-state index contributed by atoms with van der Waals surface area (Å²) in [5, 5.41) is 7.09. The zero-order valence-electron chi connectivity index (χ0n) is 13.2. The Morgan fingerprint density at radius 2 is 1.73 bits per heavy atom. The number of halogens is 4. The molecule has 3 aromatic rings. The summed E-state index contributed by atoms with van der Waals surface area (Å²) in [4.78, 5) is 16.1. The lowest BCUT2D eigenvalue weighted by Crippen LogP contribution is -2.27. The monoisotopic (exact) mass is 428 g/mol. The van der Waals surface area contributed by atoms with Gasteiger partial charge in [0, 0.05) is 19.2 Å². The van der Waals surface area contributed by atoms with Gasteiger partial charge in [0.15, 0.2) is 0 Å². The van der Waals surface area contributed by atoms with Crippen LogP contribution in [0.1, 0.15) is 16.2 Å². The van der Waals surface area contributed by atoms with Gasteiger partial charge in [-0.3, -0.25) is 4.79 Å². The van der Waals surface area contributed by atoms with Crippen LogP contribution in [-0.4, -0.2) is 27.2 Å². The minimum Gasteiger partial charge on any atom is -0.350 e. The zero-order chi connectivity index (χ0) is 18.7. The van der Waals surface area contributed by atoms with Gasteiger partial charge in [-0.15, -0.1) is 0 Å². The van der Waals surface area contributed by atoms with E-state index in [1.807, 2.05) is 42.6 Å². The number of para-hydroxylation sites is 1. The van der Waals surface area contributed by atoms with E-state index in [0.717, 1.165) is 11.4 Å². The molecule has 0 saturated heterocycles. The highest BCUT2D eigenvalue weighted by molar-refractivity contribution is 6.52. The van der Waals surface area contributed by atoms with Crippen molar-refractivity contribution in [2.45, 2.75) is 6.42 Å². The van der Waals surface area contributed by atoms with Crippen LogP contribution in [0.2, 0.25) is 20.2 Å². The van der Waals surface area contributed by atoms with Gasteiger partial charge in [0.1, 0.15) is 10.8 Å². The summed E-state index contributed by atoms with van der Waals surface area (Å²) in [6, 6.07) is 11.6. The molecule has 0 fully saturated rings. The Labute approximate surface area is 169 Å². The summed E-state index contributed by atoms with van der Waals surface area (Å²) >= 11 is 23.7. The van der Waals surface area contributed by atoms with Crippen molar-refractivity contribution in [3.05, 3.63) is 74.2 Å². The highest BCUT2D eigenvalue weighted by atomic mass is 35.5. The van der Waals surface area contributed by atoms with Crippen LogP contribution in [0.15, 0.2) is 42.6 Å². The molecule has 0 atom stereocenters. The third-order valence-electron chi connectivity index (χ3n) is 3.53. The molecule has 0 radical (unpaired) electrons. The number of nitrogens with zero attached hydrogens (tertiary/aromatic N) is 3. The molecule has 2 aromatic heterocycles. The first kappa shape index (κ1) is 19.0. The maximum Gasteiger partial charge on any atom is 0.271 e. The highest BCUT2D eigenvalue weighted by Crippen LogP contribution is 2.35. The molecular weight excluding hydrogens is 418 g/mol. The lowest BCUT2D eigenvalue weighted by atomic mass is 10.3. The molecule has 1 amide bonds. The number of hydrogen-bond acceptors (Lipinski definition) is 3. The normalized spacial score (nSPS) is 10.8. The van der Waals surface area contributed by atoms with Gasteiger partial charge in [-0.2, -0.15) is 5.10 Å². The molecule has 0 bridgehead atoms. The predicted octanol–water partition coefficient (Wildman–Crippen LogP) is 4.85. The molecule has 1 aromatic carbocycles. The number of carbonyl (C=O) groups excluding carboxylic acids is 1. The van der Waals surface area contributed by atoms with E-state index in [2.05, 4.69) is 15.4 Å². The second kappa shape index (κ2) is 8.27. The average Bonchev–Trinajstić information content (AvgIpc) is 3.12. The van der Waals surface area contributed by atoms with Crippen LogP contribution in [-0.2, 0) is 6.42 Å². The van der Waals surface area contributed by atoms with Crippen LogP contribution in [0.25, 0.3) is 5.69 Å². The topological polar surface area (TPSA) is 59.8 Å². The third kappa shape index (κ3) is 4.13. The fraction of sp³-hybridized carbons (Fsp3) is 0.118. The Bertz CT molecular complexity index is 943. The molecule has 9 heteroatoms. The number of benzene rings is 1. The van der Waals surface area contributed by atoms with Crippen LogP contribution in [0.4, 0.5) is 0 Å². The third-order valence-corrected chi connectivity index (χ3v) is 5.21. The maximum absolute atomic E-state index is 12.3. The molecule has 3 rings (SSSR count). The maximum atomic E-state index is 12.3. The summed E-state index contributed by atoms with van der Waals surface area (Å²) in [5.74, 6) is -0.488. The van der Waals surface area contributed by atoms with Crippen molar-refractivity contribution in [3.63, 3.8) is 0 Å². The van der Waals surface area contributed by atoms with Crippen LogP contribution in [0.3, 0.4) is 0 Å². The predicted molar refractivity (Wildman–Crippen MR) is 104 cm³/mol. The van der Waals surface area contributed by atoms with E-state index in [1.54, 1.807) is 4.68 Å². The molecule has 0 aliphatic heterocycles. The number of aromatic nitrogens is 3. The Morgan fingerprint density at radius 1 is 1.00 bits per heavy atom. The van der Waals surface area contributed by atoms with E-state index < -0.39 is 5.91 Å². The molecule has 2 heterocycles. The number of pyridine rings is 1. The summed E-state index contributed by atoms with van der Waals surface area (Å²) in [6.07, 6.45) is 2.40. The number of hydrogen-bond donors (Lipinski definition) is 1. The molecule has 0 aliphatic carbocycles. The van der Waals surface area contributed by atoms with E-state index >= 15 is 0 Å². The number of nitrogens with one attached hydrogen (secondary N) is 1. The molecular formula is C17H12Cl4N4O. The van der Waals surface area contributed by atoms with Gasteiger partial charge in [-0.1, -0.05) is 64.6 Å². The standard InChI is InChI=1S/C17H12Cl4N4O/c18-12-13(19)15(23-16(21)14(12)20)17(26)22-8-6-10-7-9-25(24-10)11-4-2-1-3-5-11/h1-5,7,9H,6,8H2,(H,22,26). The van der Waals surface area contributed by atoms with Crippen LogP contribution in [0.5, 0.6) is 0 Å². The molecule has 26 heavy (non-hydrogen) atoms. The second-order valence-corrected chi connectivity index (χ2v) is 6.78. The smallest absolute Gasteiger partial charge is 0.271 e. The Kier molecular flexibility index (Phi) is 6.04. The van der Waals surface area contributed by atoms with E-state index in [-0.39, 0.29) is 25.9 Å². The van der Waals surface area contributed by atoms with Gasteiger partial charge in [-0.25, -0.2) is 9.67 Å². The lowest BCUT2D eigenvalue weighted by molar-refractivity contribution is 0.0949. The Morgan fingerprint density at radius 3 is 2.46 bits per heavy atom. The molecule has 0 unspecified atom stereocenters. The van der Waals surface area contributed by atoms with Gasteiger partial charge >= 0.3 is 0 Å². The first-order chi connectivity index (χ1) is 12.5. The highest BCUT2D eigenvalue weighted by Gasteiger charge is 2.20. The van der Waals surface area contributed by atoms with E-state index in [4.69, 9.17) is 46.4 Å². The first-order valence-electron chi connectivity index (χ1n) is 7.55. The second-order valence-electron chi connectivity index (χ2n) is 5.29. The van der Waals surface area contributed by atoms with Crippen molar-refractivity contribution in [3.8, 4) is 5.69 Å². The lowest BCUT2D eigenvalue weighted by Gasteiger charge is -2.08. The van der Waals surface area contributed by atoms with Crippen molar-refractivity contribution < 1.29 is 4.79 Å². The minimum absolute atomic E-state index is 0.0000810. The van der Waals surface area contributed by atoms with Gasteiger partial charge < -0.3 is 5.32 Å². The molecule has 134 valence electrons. The van der Waals surface area contributed by atoms with Crippen molar-refractivity contribution in [1.29, 1.82) is 0 Å². The van der Waals surface area contributed by atoms with Crippen molar-refractivity contribution in [2.75, 3.05) is 6.54 Å². The fourth-order valence-electron chi connectivity index (χ4n) is 2.25. The van der Waals surface area contributed by atoms with E-state index in [1.165, 1.54) is 0 Å². The average molecular weight is 430 g/mol. The number of rotatable bonds is 5. The van der Waals surface area contributed by atoms with Crippen molar-refractivity contribution in [2.24, 2.45) is 0 Å². The van der Waals surface area contributed by atoms with E-state index in [0.29, 0.717) is 13.0 Å². The van der Waals surface area contributed by atoms with E-state index in [9.17, 15) is 4.79 Å². The number of carbonyl (C=O) groups is 1. The molecule has 0 spiro atoms. The summed E-state index contributed by atoms with van der Waals surface area (Å²) in [7, 11) is 0. The van der Waals surface area contributed by atoms with Crippen LogP contribution >= 0.6 is 46.4 Å². The van der Waals surface area contributed by atoms with Gasteiger partial charge in [0.2, 0.25) is 0 Å². The molecule has 5 nitrogen and oxygen atoms in total. The molecule has 0 saturated carbocycles. The quantitative estimate of drug-likeness (QED) is 0.589. The zero-order valence-corrected chi connectivity index (χ0v) is 16.2. The summed E-state index contributed by atoms with van der Waals surface area (Å²) in [5.41, 5.74) is 1.73. The molecule has 0 aliphatic rings. The summed E-state index contributed by atoms with van der Waals surface area (Å²) < 4.78 is 1.77. The first-order valence-corrected chi connectivity index (χ1v) is 9.06. The SMILES string of the molecule is O=C(NCCc1ccn(-c2ccccc2)n1)c1nc(Cl)c(Cl)c(Cl)c1Cl. The Balaban J connectivity index is 1.62. The summed E-state index contributed by atoms with van der Waals surface area (Å²) in [6.45, 7) is 0.348. The van der Waals surface area contributed by atoms with Gasteiger partial charge in [0.25, 0.3) is 5.91 Å². The van der Waals surface area contributed by atoms with Gasteiger partial charge in [-0.05, 0) is 18.2 Å². The van der Waals surface area contributed by atoms with Crippen LogP contribution < -0.4 is 5.32 Å². The van der Waals surface area contributed by atoms with Gasteiger partial charge in [0.05, 0.1) is 26.4 Å². The molecule has 1 N–H and O–H groups in total. The van der Waals surface area contributed by atoms with Crippen molar-refractivity contribution in [1.82, 2.24) is 20.1 Å². The largest absolute Gasteiger partial charge is 0.350 e. The van der Waals surface area contributed by atoms with Crippen molar-refractivity contribution >= 4 is 52.3 Å².